The fourth-order valence-electron chi connectivity index (χ4n) is 4.31. The summed E-state index contributed by atoms with van der Waals surface area (Å²) < 4.78 is 17.5. The summed E-state index contributed by atoms with van der Waals surface area (Å²) in [6.07, 6.45) is 2.56. The molecule has 3 atom stereocenters. The van der Waals surface area contributed by atoms with Crippen molar-refractivity contribution in [1.29, 1.82) is 0 Å². The summed E-state index contributed by atoms with van der Waals surface area (Å²) >= 11 is 0. The lowest BCUT2D eigenvalue weighted by atomic mass is 10.0. The molecule has 2 aromatic rings. The number of carbonyl (C=O) groups excluding carboxylic acids is 1. The van der Waals surface area contributed by atoms with E-state index in [9.17, 15) is 4.79 Å². The van der Waals surface area contributed by atoms with Gasteiger partial charge in [0.05, 0.1) is 13.2 Å². The number of ether oxygens (including phenoxy) is 3. The van der Waals surface area contributed by atoms with E-state index in [2.05, 4.69) is 16.3 Å². The summed E-state index contributed by atoms with van der Waals surface area (Å²) in [5.74, 6) is 1.97. The van der Waals surface area contributed by atoms with Crippen molar-refractivity contribution in [3.05, 3.63) is 54.1 Å². The molecule has 6 nitrogen and oxygen atoms in total. The number of piperidine rings is 1. The standard InChI is InChI=1S/C24H30N2O4/c1-17-23(30-22-13-7-6-12-21(22)29-17)24(27)25-16-19(26-14-8-3-9-15-26)18-10-4-5-11-20(18)28-2/h4-7,10-13,17,19,23H,3,8-9,14-16H2,1-2H3,(H,25,27). The number of amides is 1. The fourth-order valence-corrected chi connectivity index (χ4v) is 4.31. The maximum absolute atomic E-state index is 13.0. The van der Waals surface area contributed by atoms with Crippen LogP contribution >= 0.6 is 0 Å². The lowest BCUT2D eigenvalue weighted by molar-refractivity contribution is -0.133. The number of methoxy groups -OCH3 is 1. The molecule has 4 rings (SSSR count). The van der Waals surface area contributed by atoms with E-state index in [1.54, 1.807) is 7.11 Å². The van der Waals surface area contributed by atoms with Crippen LogP contribution in [0.25, 0.3) is 0 Å². The molecule has 1 amide bonds. The first-order valence-electron chi connectivity index (χ1n) is 10.7. The van der Waals surface area contributed by atoms with E-state index in [1.807, 2.05) is 49.4 Å². The summed E-state index contributed by atoms with van der Waals surface area (Å²) in [4.78, 5) is 15.5. The van der Waals surface area contributed by atoms with Crippen LogP contribution < -0.4 is 19.5 Å². The van der Waals surface area contributed by atoms with Gasteiger partial charge in [-0.15, -0.1) is 0 Å². The molecule has 2 heterocycles. The summed E-state index contributed by atoms with van der Waals surface area (Å²) in [5.41, 5.74) is 1.10. The molecule has 1 fully saturated rings. The molecule has 0 saturated carbocycles. The first kappa shape index (κ1) is 20.5. The van der Waals surface area contributed by atoms with Crippen LogP contribution in [0.15, 0.2) is 48.5 Å². The normalized spacial score (nSPS) is 22.2. The Kier molecular flexibility index (Phi) is 6.43. The van der Waals surface area contributed by atoms with Gasteiger partial charge in [0, 0.05) is 12.1 Å². The van der Waals surface area contributed by atoms with Crippen molar-refractivity contribution in [3.63, 3.8) is 0 Å². The van der Waals surface area contributed by atoms with Crippen LogP contribution in [-0.4, -0.2) is 49.8 Å². The van der Waals surface area contributed by atoms with Gasteiger partial charge < -0.3 is 19.5 Å². The van der Waals surface area contributed by atoms with Crippen LogP contribution in [0.1, 0.15) is 37.8 Å². The number of fused-ring (bicyclic) bond motifs is 1. The van der Waals surface area contributed by atoms with Crippen molar-refractivity contribution in [2.45, 2.75) is 44.4 Å². The average Bonchev–Trinajstić information content (AvgIpc) is 2.79. The van der Waals surface area contributed by atoms with E-state index < -0.39 is 6.10 Å². The smallest absolute Gasteiger partial charge is 0.265 e. The topological polar surface area (TPSA) is 60.0 Å². The lowest BCUT2D eigenvalue weighted by Gasteiger charge is -2.36. The van der Waals surface area contributed by atoms with E-state index in [4.69, 9.17) is 14.2 Å². The number of likely N-dealkylation sites (tertiary alicyclic amines) is 1. The van der Waals surface area contributed by atoms with Crippen molar-refractivity contribution in [2.75, 3.05) is 26.7 Å². The van der Waals surface area contributed by atoms with Crippen LogP contribution in [0.2, 0.25) is 0 Å². The molecule has 3 unspecified atom stereocenters. The van der Waals surface area contributed by atoms with Gasteiger partial charge in [-0.25, -0.2) is 0 Å². The van der Waals surface area contributed by atoms with Crippen molar-refractivity contribution in [1.82, 2.24) is 10.2 Å². The van der Waals surface area contributed by atoms with Gasteiger partial charge in [0.25, 0.3) is 5.91 Å². The third-order valence-corrected chi connectivity index (χ3v) is 5.90. The van der Waals surface area contributed by atoms with Crippen LogP contribution in [0.4, 0.5) is 0 Å². The molecule has 0 aromatic heterocycles. The summed E-state index contributed by atoms with van der Waals surface area (Å²) in [5, 5.41) is 3.12. The molecule has 0 bridgehead atoms. The lowest BCUT2D eigenvalue weighted by Crippen LogP contribution is -2.51. The number of para-hydroxylation sites is 3. The summed E-state index contributed by atoms with van der Waals surface area (Å²) in [6.45, 7) is 4.40. The predicted molar refractivity (Wildman–Crippen MR) is 115 cm³/mol. The molecule has 0 spiro atoms. The second kappa shape index (κ2) is 9.39. The molecule has 160 valence electrons. The molecular weight excluding hydrogens is 380 g/mol. The highest BCUT2D eigenvalue weighted by Gasteiger charge is 2.35. The first-order valence-corrected chi connectivity index (χ1v) is 10.7. The van der Waals surface area contributed by atoms with Crippen molar-refractivity contribution >= 4 is 5.91 Å². The highest BCUT2D eigenvalue weighted by atomic mass is 16.6. The molecule has 1 N–H and O–H groups in total. The Morgan fingerprint density at radius 1 is 1.07 bits per heavy atom. The van der Waals surface area contributed by atoms with Crippen molar-refractivity contribution < 1.29 is 19.0 Å². The minimum absolute atomic E-state index is 0.0532. The Hall–Kier alpha value is -2.73. The zero-order chi connectivity index (χ0) is 20.9. The zero-order valence-electron chi connectivity index (χ0n) is 17.7. The van der Waals surface area contributed by atoms with Gasteiger partial charge in [-0.3, -0.25) is 9.69 Å². The van der Waals surface area contributed by atoms with E-state index in [0.717, 1.165) is 24.4 Å². The van der Waals surface area contributed by atoms with E-state index in [0.29, 0.717) is 18.0 Å². The SMILES string of the molecule is COc1ccccc1C(CNC(=O)C1Oc2ccccc2OC1C)N1CCCCC1. The van der Waals surface area contributed by atoms with Crippen LogP contribution in [-0.2, 0) is 4.79 Å². The van der Waals surface area contributed by atoms with Crippen LogP contribution in [0.3, 0.4) is 0 Å². The van der Waals surface area contributed by atoms with Crippen LogP contribution in [0.5, 0.6) is 17.2 Å². The van der Waals surface area contributed by atoms with Gasteiger partial charge in [-0.1, -0.05) is 36.8 Å². The molecule has 30 heavy (non-hydrogen) atoms. The molecule has 0 radical (unpaired) electrons. The third-order valence-electron chi connectivity index (χ3n) is 5.90. The molecule has 2 aliphatic heterocycles. The van der Waals surface area contributed by atoms with Gasteiger partial charge in [-0.2, -0.15) is 0 Å². The number of carbonyl (C=O) groups is 1. The van der Waals surface area contributed by atoms with E-state index in [-0.39, 0.29) is 18.1 Å². The largest absolute Gasteiger partial charge is 0.496 e. The second-order valence-electron chi connectivity index (χ2n) is 7.91. The summed E-state index contributed by atoms with van der Waals surface area (Å²) in [6, 6.07) is 15.6. The second-order valence-corrected chi connectivity index (χ2v) is 7.91. The molecule has 6 heteroatoms. The van der Waals surface area contributed by atoms with Gasteiger partial charge in [0.2, 0.25) is 6.10 Å². The molecule has 0 aliphatic carbocycles. The van der Waals surface area contributed by atoms with E-state index >= 15 is 0 Å². The predicted octanol–water partition coefficient (Wildman–Crippen LogP) is 3.57. The number of nitrogens with one attached hydrogen (secondary N) is 1. The molecular formula is C24H30N2O4. The van der Waals surface area contributed by atoms with Crippen molar-refractivity contribution in [2.24, 2.45) is 0 Å². The highest BCUT2D eigenvalue weighted by Crippen LogP contribution is 2.34. The van der Waals surface area contributed by atoms with Gasteiger partial charge in [0.1, 0.15) is 11.9 Å². The quantitative estimate of drug-likeness (QED) is 0.789. The maximum atomic E-state index is 13.0. The molecule has 2 aliphatic rings. The number of benzene rings is 2. The number of rotatable bonds is 6. The summed E-state index contributed by atoms with van der Waals surface area (Å²) in [7, 11) is 1.69. The maximum Gasteiger partial charge on any atom is 0.265 e. The average molecular weight is 411 g/mol. The third kappa shape index (κ3) is 4.38. The zero-order valence-corrected chi connectivity index (χ0v) is 17.7. The number of hydrogen-bond acceptors (Lipinski definition) is 5. The van der Waals surface area contributed by atoms with Gasteiger partial charge in [-0.05, 0) is 51.1 Å². The Bertz CT molecular complexity index is 866. The Balaban J connectivity index is 1.49. The first-order chi connectivity index (χ1) is 14.7. The fraction of sp³-hybridized carbons (Fsp3) is 0.458. The van der Waals surface area contributed by atoms with Crippen molar-refractivity contribution in [3.8, 4) is 17.2 Å². The monoisotopic (exact) mass is 410 g/mol. The van der Waals surface area contributed by atoms with Gasteiger partial charge in [0.15, 0.2) is 11.5 Å². The Morgan fingerprint density at radius 2 is 1.73 bits per heavy atom. The Labute approximate surface area is 178 Å². The van der Waals surface area contributed by atoms with E-state index in [1.165, 1.54) is 19.3 Å². The molecule has 2 aromatic carbocycles. The Morgan fingerprint density at radius 3 is 2.47 bits per heavy atom. The van der Waals surface area contributed by atoms with Crippen LogP contribution in [0, 0.1) is 0 Å². The molecule has 1 saturated heterocycles. The highest BCUT2D eigenvalue weighted by molar-refractivity contribution is 5.82. The van der Waals surface area contributed by atoms with Gasteiger partial charge >= 0.3 is 0 Å². The minimum Gasteiger partial charge on any atom is -0.496 e. The number of nitrogens with zero attached hydrogens (tertiary/aromatic N) is 1. The number of hydrogen-bond donors (Lipinski definition) is 1. The minimum atomic E-state index is -0.681.